The Labute approximate surface area is 174 Å². The quantitative estimate of drug-likeness (QED) is 0.646. The van der Waals surface area contributed by atoms with Gasteiger partial charge in [0.05, 0.1) is 21.8 Å². The lowest BCUT2D eigenvalue weighted by Gasteiger charge is -2.33. The van der Waals surface area contributed by atoms with Gasteiger partial charge in [0, 0.05) is 24.4 Å². The number of anilines is 1. The third-order valence-electron chi connectivity index (χ3n) is 5.43. The number of nitrogen functional groups attached to an aromatic ring is 1. The Morgan fingerprint density at radius 2 is 1.90 bits per heavy atom. The number of likely N-dealkylation sites (tertiary alicyclic amines) is 1. The van der Waals surface area contributed by atoms with Crippen LogP contribution in [0.5, 0.6) is 0 Å². The van der Waals surface area contributed by atoms with Gasteiger partial charge in [-0.05, 0) is 49.2 Å². The molecule has 6 nitrogen and oxygen atoms in total. The zero-order chi connectivity index (χ0) is 21.3. The van der Waals surface area contributed by atoms with Crippen molar-refractivity contribution in [2.45, 2.75) is 23.7 Å². The topological polar surface area (TPSA) is 93.4 Å². The lowest BCUT2D eigenvalue weighted by molar-refractivity contribution is -0.129. The molecular formula is C22H22FN3O3S. The highest BCUT2D eigenvalue weighted by molar-refractivity contribution is 7.92. The molecular weight excluding hydrogens is 405 g/mol. The number of carbonyl (C=O) groups is 1. The molecule has 0 bridgehead atoms. The van der Waals surface area contributed by atoms with E-state index < -0.39 is 27.3 Å². The number of pyridine rings is 1. The van der Waals surface area contributed by atoms with Gasteiger partial charge in [0.1, 0.15) is 11.6 Å². The number of piperidine rings is 1. The second-order valence-electron chi connectivity index (χ2n) is 7.55. The van der Waals surface area contributed by atoms with Crippen molar-refractivity contribution in [1.29, 1.82) is 0 Å². The molecule has 30 heavy (non-hydrogen) atoms. The number of fused-ring (bicyclic) bond motifs is 1. The Hall–Kier alpha value is -3.00. The van der Waals surface area contributed by atoms with E-state index in [-0.39, 0.29) is 10.8 Å². The summed E-state index contributed by atoms with van der Waals surface area (Å²) in [7, 11) is -3.84. The molecule has 3 aromatic rings. The largest absolute Gasteiger partial charge is 0.397 e. The molecule has 156 valence electrons. The van der Waals surface area contributed by atoms with E-state index in [9.17, 15) is 17.6 Å². The number of nitrogens with two attached hydrogens (primary N) is 1. The van der Waals surface area contributed by atoms with E-state index in [2.05, 4.69) is 0 Å². The van der Waals surface area contributed by atoms with E-state index in [1.54, 1.807) is 4.90 Å². The molecule has 0 radical (unpaired) electrons. The van der Waals surface area contributed by atoms with Crippen molar-refractivity contribution < 1.29 is 17.6 Å². The molecule has 2 heterocycles. The molecule has 1 atom stereocenters. The molecule has 1 fully saturated rings. The van der Waals surface area contributed by atoms with Gasteiger partial charge >= 0.3 is 0 Å². The average Bonchev–Trinajstić information content (AvgIpc) is 2.73. The number of sulfone groups is 1. The molecule has 2 aromatic carbocycles. The van der Waals surface area contributed by atoms with Crippen LogP contribution in [0.25, 0.3) is 10.9 Å². The van der Waals surface area contributed by atoms with Crippen LogP contribution in [-0.2, 0) is 14.6 Å². The van der Waals surface area contributed by atoms with Crippen LogP contribution in [0.1, 0.15) is 24.5 Å². The standard InChI is InChI=1S/C22H22FN3O3S/c23-17-7-9-18(10-8-17)30(28,29)14-21(27)26-11-3-5-16(13-26)22-19(24)12-15-4-1-2-6-20(15)25-22/h1-2,4,6-10,12,16H,3,5,11,13-14,24H2/t16-/m0/s1. The second-order valence-corrected chi connectivity index (χ2v) is 9.54. The minimum absolute atomic E-state index is 0.0548. The van der Waals surface area contributed by atoms with E-state index in [0.717, 1.165) is 41.6 Å². The molecule has 2 N–H and O–H groups in total. The molecule has 1 aliphatic heterocycles. The molecule has 1 aliphatic rings. The van der Waals surface area contributed by atoms with Gasteiger partial charge in [-0.3, -0.25) is 9.78 Å². The number of nitrogens with zero attached hydrogens (tertiary/aromatic N) is 2. The number of aromatic nitrogens is 1. The Bertz CT molecular complexity index is 1200. The number of hydrogen-bond acceptors (Lipinski definition) is 5. The first-order valence-electron chi connectivity index (χ1n) is 9.75. The van der Waals surface area contributed by atoms with Gasteiger partial charge in [0.25, 0.3) is 0 Å². The number of benzene rings is 2. The third-order valence-corrected chi connectivity index (χ3v) is 7.05. The minimum atomic E-state index is -3.84. The summed E-state index contributed by atoms with van der Waals surface area (Å²) in [6.45, 7) is 0.856. The van der Waals surface area contributed by atoms with Gasteiger partial charge in [0.15, 0.2) is 9.84 Å². The lowest BCUT2D eigenvalue weighted by atomic mass is 9.92. The molecule has 1 aromatic heterocycles. The zero-order valence-electron chi connectivity index (χ0n) is 16.3. The Morgan fingerprint density at radius 3 is 2.67 bits per heavy atom. The fourth-order valence-corrected chi connectivity index (χ4v) is 5.11. The summed E-state index contributed by atoms with van der Waals surface area (Å²) in [4.78, 5) is 19.0. The summed E-state index contributed by atoms with van der Waals surface area (Å²) in [5.74, 6) is -1.70. The highest BCUT2D eigenvalue weighted by atomic mass is 32.2. The van der Waals surface area contributed by atoms with Gasteiger partial charge < -0.3 is 10.6 Å². The van der Waals surface area contributed by atoms with Crippen molar-refractivity contribution in [3.63, 3.8) is 0 Å². The minimum Gasteiger partial charge on any atom is -0.397 e. The van der Waals surface area contributed by atoms with E-state index in [1.165, 1.54) is 12.1 Å². The number of para-hydroxylation sites is 1. The third kappa shape index (κ3) is 4.14. The van der Waals surface area contributed by atoms with Crippen molar-refractivity contribution in [3.05, 3.63) is 66.1 Å². The highest BCUT2D eigenvalue weighted by Gasteiger charge is 2.30. The molecule has 1 saturated heterocycles. The summed E-state index contributed by atoms with van der Waals surface area (Å²) in [6.07, 6.45) is 1.56. The Balaban J connectivity index is 1.52. The van der Waals surface area contributed by atoms with Crippen LogP contribution in [0.4, 0.5) is 10.1 Å². The fraction of sp³-hybridized carbons (Fsp3) is 0.273. The summed E-state index contributed by atoms with van der Waals surface area (Å²) in [5, 5.41) is 0.952. The molecule has 1 amide bonds. The number of hydrogen-bond donors (Lipinski definition) is 1. The second kappa shape index (κ2) is 8.02. The average molecular weight is 428 g/mol. The normalized spacial score (nSPS) is 17.2. The van der Waals surface area contributed by atoms with Gasteiger partial charge in [-0.15, -0.1) is 0 Å². The Kier molecular flexibility index (Phi) is 5.42. The van der Waals surface area contributed by atoms with Crippen LogP contribution in [0.3, 0.4) is 0 Å². The lowest BCUT2D eigenvalue weighted by Crippen LogP contribution is -2.42. The van der Waals surface area contributed by atoms with Crippen molar-refractivity contribution in [2.75, 3.05) is 24.6 Å². The smallest absolute Gasteiger partial charge is 0.238 e. The zero-order valence-corrected chi connectivity index (χ0v) is 17.1. The SMILES string of the molecule is Nc1cc2ccccc2nc1[C@H]1CCCN(C(=O)CS(=O)(=O)c2ccc(F)cc2)C1. The number of carbonyl (C=O) groups excluding carboxylic acids is 1. The van der Waals surface area contributed by atoms with Crippen LogP contribution >= 0.6 is 0 Å². The van der Waals surface area contributed by atoms with Crippen LogP contribution < -0.4 is 5.73 Å². The predicted molar refractivity (Wildman–Crippen MR) is 113 cm³/mol. The van der Waals surface area contributed by atoms with E-state index >= 15 is 0 Å². The highest BCUT2D eigenvalue weighted by Crippen LogP contribution is 2.31. The summed E-state index contributed by atoms with van der Waals surface area (Å²) >= 11 is 0. The fourth-order valence-electron chi connectivity index (χ4n) is 3.88. The van der Waals surface area contributed by atoms with Crippen LogP contribution in [0, 0.1) is 5.82 Å². The summed E-state index contributed by atoms with van der Waals surface area (Å²) in [6, 6.07) is 14.1. The predicted octanol–water partition coefficient (Wildman–Crippen LogP) is 3.14. The maximum absolute atomic E-state index is 13.1. The molecule has 8 heteroatoms. The molecule has 0 aliphatic carbocycles. The van der Waals surface area contributed by atoms with Crippen LogP contribution in [0.2, 0.25) is 0 Å². The molecule has 4 rings (SSSR count). The summed E-state index contributed by atoms with van der Waals surface area (Å²) in [5.41, 5.74) is 8.39. The maximum atomic E-state index is 13.1. The van der Waals surface area contributed by atoms with E-state index in [0.29, 0.717) is 18.8 Å². The summed E-state index contributed by atoms with van der Waals surface area (Å²) < 4.78 is 38.2. The van der Waals surface area contributed by atoms with Crippen molar-refractivity contribution in [1.82, 2.24) is 9.88 Å². The van der Waals surface area contributed by atoms with Crippen LogP contribution in [0.15, 0.2) is 59.5 Å². The maximum Gasteiger partial charge on any atom is 0.238 e. The van der Waals surface area contributed by atoms with Gasteiger partial charge in [-0.1, -0.05) is 18.2 Å². The van der Waals surface area contributed by atoms with Crippen molar-refractivity contribution >= 4 is 32.3 Å². The first-order valence-corrected chi connectivity index (χ1v) is 11.4. The van der Waals surface area contributed by atoms with E-state index in [1.807, 2.05) is 30.3 Å². The van der Waals surface area contributed by atoms with Crippen molar-refractivity contribution in [2.24, 2.45) is 0 Å². The number of amides is 1. The van der Waals surface area contributed by atoms with Gasteiger partial charge in [-0.25, -0.2) is 12.8 Å². The van der Waals surface area contributed by atoms with Gasteiger partial charge in [-0.2, -0.15) is 0 Å². The molecule has 0 unspecified atom stereocenters. The first kappa shape index (κ1) is 20.3. The molecule has 0 saturated carbocycles. The van der Waals surface area contributed by atoms with E-state index in [4.69, 9.17) is 10.7 Å². The first-order chi connectivity index (χ1) is 14.3. The number of halogens is 1. The Morgan fingerprint density at radius 1 is 1.17 bits per heavy atom. The molecule has 0 spiro atoms. The number of rotatable bonds is 4. The van der Waals surface area contributed by atoms with Crippen molar-refractivity contribution in [3.8, 4) is 0 Å². The monoisotopic (exact) mass is 427 g/mol. The van der Waals surface area contributed by atoms with Gasteiger partial charge in [0.2, 0.25) is 5.91 Å². The van der Waals surface area contributed by atoms with Crippen LogP contribution in [-0.4, -0.2) is 43.1 Å².